The average Bonchev–Trinajstić information content (AvgIpc) is 3.03. The van der Waals surface area contributed by atoms with Crippen LogP contribution in [-0.2, 0) is 6.54 Å². The zero-order chi connectivity index (χ0) is 14.7. The molecule has 1 aromatic carbocycles. The van der Waals surface area contributed by atoms with E-state index in [1.165, 1.54) is 0 Å². The van der Waals surface area contributed by atoms with Crippen LogP contribution >= 0.6 is 27.3 Å². The van der Waals surface area contributed by atoms with Gasteiger partial charge in [0.15, 0.2) is 12.2 Å². The van der Waals surface area contributed by atoms with Crippen LogP contribution in [0.5, 0.6) is 0 Å². The van der Waals surface area contributed by atoms with Crippen molar-refractivity contribution >= 4 is 33.0 Å². The Labute approximate surface area is 151 Å². The van der Waals surface area contributed by atoms with Gasteiger partial charge in [-0.1, -0.05) is 34.1 Å². The normalized spacial score (nSPS) is 10.0. The topological polar surface area (TPSA) is 33.8 Å². The molecular weight excluding hydrogens is 428 g/mol. The van der Waals surface area contributed by atoms with Crippen molar-refractivity contribution in [1.82, 2.24) is 4.98 Å². The molecule has 3 nitrogen and oxygen atoms in total. The quantitative estimate of drug-likeness (QED) is 0.444. The molecule has 22 heavy (non-hydrogen) atoms. The van der Waals surface area contributed by atoms with Crippen molar-refractivity contribution in [2.75, 3.05) is 0 Å². The van der Waals surface area contributed by atoms with Gasteiger partial charge in [0.05, 0.1) is 11.1 Å². The van der Waals surface area contributed by atoms with Crippen LogP contribution in [0.4, 0.5) is 0 Å². The molecule has 0 unspecified atom stereocenters. The zero-order valence-corrected chi connectivity index (χ0v) is 15.4. The lowest BCUT2D eigenvalue weighted by molar-refractivity contribution is -0.686. The van der Waals surface area contributed by atoms with E-state index in [1.807, 2.05) is 54.0 Å². The third-order valence-corrected chi connectivity index (χ3v) is 4.46. The van der Waals surface area contributed by atoms with Gasteiger partial charge in [-0.15, -0.1) is 11.3 Å². The fourth-order valence-corrected chi connectivity index (χ4v) is 2.91. The maximum atomic E-state index is 12.2. The van der Waals surface area contributed by atoms with Gasteiger partial charge in [-0.3, -0.25) is 4.79 Å². The molecule has 0 atom stereocenters. The minimum Gasteiger partial charge on any atom is -1.00 e. The Balaban J connectivity index is 0.00000176. The first-order valence-electron chi connectivity index (χ1n) is 6.40. The highest BCUT2D eigenvalue weighted by Crippen LogP contribution is 2.20. The maximum Gasteiger partial charge on any atom is 0.287 e. The summed E-state index contributed by atoms with van der Waals surface area (Å²) in [6.45, 7) is 0.291. The highest BCUT2D eigenvalue weighted by atomic mass is 79.9. The fourth-order valence-electron chi connectivity index (χ4n) is 1.94. The number of halogens is 2. The zero-order valence-electron chi connectivity index (χ0n) is 11.4. The van der Waals surface area contributed by atoms with Gasteiger partial charge in [-0.2, -0.15) is 0 Å². The molecule has 0 amide bonds. The number of ketones is 1. The Morgan fingerprint density at radius 1 is 1.18 bits per heavy atom. The van der Waals surface area contributed by atoms with Gasteiger partial charge in [0, 0.05) is 16.1 Å². The van der Waals surface area contributed by atoms with Crippen LogP contribution in [0.3, 0.4) is 0 Å². The standard InChI is InChI=1S/C16H12BrN2OS.BrH/c17-13-5-3-12(4-6-13)15(20)10-19-8-7-14(18-11-19)16-2-1-9-21-16;/h1-9,11H,10H2;1H/q+1;/p-1. The number of carbonyl (C=O) groups excluding carboxylic acids is 1. The monoisotopic (exact) mass is 438 g/mol. The van der Waals surface area contributed by atoms with Gasteiger partial charge in [0.2, 0.25) is 5.78 Å². The Kier molecular flexibility index (Phi) is 5.99. The van der Waals surface area contributed by atoms with Crippen molar-refractivity contribution in [2.45, 2.75) is 6.54 Å². The summed E-state index contributed by atoms with van der Waals surface area (Å²) in [7, 11) is 0. The molecular formula is C16H12Br2N2OS. The van der Waals surface area contributed by atoms with Crippen LogP contribution < -0.4 is 21.5 Å². The summed E-state index contributed by atoms with van der Waals surface area (Å²) in [5.74, 6) is 0.0678. The van der Waals surface area contributed by atoms with Crippen LogP contribution in [0, 0.1) is 0 Å². The van der Waals surface area contributed by atoms with Crippen molar-refractivity contribution in [1.29, 1.82) is 0 Å². The van der Waals surface area contributed by atoms with Crippen molar-refractivity contribution in [3.8, 4) is 10.6 Å². The predicted molar refractivity (Wildman–Crippen MR) is 86.2 cm³/mol. The second-order valence-electron chi connectivity index (χ2n) is 4.53. The van der Waals surface area contributed by atoms with Gasteiger partial charge in [-0.25, -0.2) is 4.57 Å². The molecule has 0 bridgehead atoms. The molecule has 2 heterocycles. The molecule has 112 valence electrons. The summed E-state index contributed by atoms with van der Waals surface area (Å²) in [4.78, 5) is 17.7. The summed E-state index contributed by atoms with van der Waals surface area (Å²) in [5.41, 5.74) is 1.63. The molecule has 3 aromatic rings. The molecule has 0 N–H and O–H groups in total. The van der Waals surface area contributed by atoms with E-state index in [1.54, 1.807) is 22.2 Å². The van der Waals surface area contributed by atoms with Gasteiger partial charge in [-0.05, 0) is 28.6 Å². The summed E-state index contributed by atoms with van der Waals surface area (Å²) >= 11 is 5.01. The second-order valence-corrected chi connectivity index (χ2v) is 6.39. The minimum absolute atomic E-state index is 0. The molecule has 3 rings (SSSR count). The first kappa shape index (κ1) is 17.0. The van der Waals surface area contributed by atoms with Crippen LogP contribution in [0.25, 0.3) is 10.6 Å². The molecule has 0 saturated carbocycles. The van der Waals surface area contributed by atoms with Crippen LogP contribution in [0.15, 0.2) is 64.8 Å². The van der Waals surface area contributed by atoms with E-state index in [0.717, 1.165) is 15.0 Å². The SMILES string of the molecule is O=C(C[n+]1ccc(-c2cccs2)nc1)c1ccc(Br)cc1.[Br-]. The highest BCUT2D eigenvalue weighted by Gasteiger charge is 2.12. The lowest BCUT2D eigenvalue weighted by atomic mass is 10.1. The molecule has 0 radical (unpaired) electrons. The molecule has 0 saturated heterocycles. The molecule has 0 aliphatic rings. The van der Waals surface area contributed by atoms with E-state index in [-0.39, 0.29) is 22.8 Å². The smallest absolute Gasteiger partial charge is 0.287 e. The summed E-state index contributed by atoms with van der Waals surface area (Å²) in [6.07, 6.45) is 3.59. The van der Waals surface area contributed by atoms with E-state index in [0.29, 0.717) is 12.1 Å². The predicted octanol–water partition coefficient (Wildman–Crippen LogP) is 0.747. The van der Waals surface area contributed by atoms with E-state index >= 15 is 0 Å². The number of aromatic nitrogens is 2. The largest absolute Gasteiger partial charge is 1.00 e. The summed E-state index contributed by atoms with van der Waals surface area (Å²) < 4.78 is 2.76. The first-order valence-corrected chi connectivity index (χ1v) is 8.07. The van der Waals surface area contributed by atoms with E-state index in [9.17, 15) is 4.79 Å². The van der Waals surface area contributed by atoms with Crippen LogP contribution in [0.1, 0.15) is 10.4 Å². The number of hydrogen-bond acceptors (Lipinski definition) is 3. The van der Waals surface area contributed by atoms with Gasteiger partial charge in [0.1, 0.15) is 0 Å². The van der Waals surface area contributed by atoms with Crippen molar-refractivity contribution in [3.05, 3.63) is 70.4 Å². The van der Waals surface area contributed by atoms with Crippen molar-refractivity contribution < 1.29 is 26.3 Å². The number of rotatable bonds is 4. The number of benzene rings is 1. The highest BCUT2D eigenvalue weighted by molar-refractivity contribution is 9.10. The minimum atomic E-state index is 0. The fraction of sp³-hybridized carbons (Fsp3) is 0.0625. The first-order chi connectivity index (χ1) is 10.2. The van der Waals surface area contributed by atoms with Crippen LogP contribution in [0.2, 0.25) is 0 Å². The Morgan fingerprint density at radius 3 is 2.55 bits per heavy atom. The molecule has 0 aliphatic heterocycles. The van der Waals surface area contributed by atoms with E-state index in [4.69, 9.17) is 0 Å². The Morgan fingerprint density at radius 2 is 1.95 bits per heavy atom. The van der Waals surface area contributed by atoms with Gasteiger partial charge < -0.3 is 17.0 Å². The maximum absolute atomic E-state index is 12.2. The van der Waals surface area contributed by atoms with Crippen molar-refractivity contribution in [2.24, 2.45) is 0 Å². The molecule has 0 fully saturated rings. The number of thiophene rings is 1. The molecule has 0 spiro atoms. The van der Waals surface area contributed by atoms with Crippen molar-refractivity contribution in [3.63, 3.8) is 0 Å². The number of Topliss-reactive ketones (excluding diaryl/α,β-unsaturated/α-hetero) is 1. The second kappa shape index (κ2) is 7.76. The lowest BCUT2D eigenvalue weighted by Gasteiger charge is -2.00. The number of nitrogens with zero attached hydrogens (tertiary/aromatic N) is 2. The van der Waals surface area contributed by atoms with E-state index < -0.39 is 0 Å². The Hall–Kier alpha value is -1.37. The lowest BCUT2D eigenvalue weighted by Crippen LogP contribution is -3.00. The molecule has 2 aromatic heterocycles. The van der Waals surface area contributed by atoms with Gasteiger partial charge in [0.25, 0.3) is 6.33 Å². The molecule has 6 heteroatoms. The number of carbonyl (C=O) groups is 1. The molecule has 0 aliphatic carbocycles. The number of hydrogen-bond donors (Lipinski definition) is 0. The third-order valence-electron chi connectivity index (χ3n) is 3.04. The third kappa shape index (κ3) is 4.09. The average molecular weight is 440 g/mol. The summed E-state index contributed by atoms with van der Waals surface area (Å²) in [6, 6.07) is 13.3. The summed E-state index contributed by atoms with van der Waals surface area (Å²) in [5, 5.41) is 2.02. The van der Waals surface area contributed by atoms with E-state index in [2.05, 4.69) is 20.9 Å². The Bertz CT molecular complexity index is 741. The van der Waals surface area contributed by atoms with Crippen LogP contribution in [-0.4, -0.2) is 10.8 Å². The van der Waals surface area contributed by atoms with Gasteiger partial charge >= 0.3 is 0 Å².